The van der Waals surface area contributed by atoms with E-state index < -0.39 is 0 Å². The Morgan fingerprint density at radius 2 is 2.21 bits per heavy atom. The molecule has 104 valence electrons. The van der Waals surface area contributed by atoms with Crippen molar-refractivity contribution in [3.05, 3.63) is 18.1 Å². The number of rotatable bonds is 5. The molecule has 1 aromatic rings. The summed E-state index contributed by atoms with van der Waals surface area (Å²) >= 11 is 0. The van der Waals surface area contributed by atoms with Crippen molar-refractivity contribution in [3.63, 3.8) is 0 Å². The molecule has 0 spiro atoms. The monoisotopic (exact) mass is 261 g/mol. The van der Waals surface area contributed by atoms with E-state index in [0.29, 0.717) is 5.82 Å². The molecule has 0 aliphatic heterocycles. The predicted octanol–water partition coefficient (Wildman–Crippen LogP) is 1.63. The SMILES string of the molecule is CN(Cc1cnc(NN)cn1)CC1CC2CCC1C2. The highest BCUT2D eigenvalue weighted by Gasteiger charge is 2.39. The summed E-state index contributed by atoms with van der Waals surface area (Å²) in [5, 5.41) is 0. The molecule has 0 amide bonds. The lowest BCUT2D eigenvalue weighted by atomic mass is 9.88. The van der Waals surface area contributed by atoms with Gasteiger partial charge in [-0.25, -0.2) is 10.8 Å². The highest BCUT2D eigenvalue weighted by atomic mass is 15.3. The van der Waals surface area contributed by atoms with Crippen molar-refractivity contribution in [3.8, 4) is 0 Å². The van der Waals surface area contributed by atoms with Crippen molar-refractivity contribution < 1.29 is 0 Å². The molecule has 2 bridgehead atoms. The highest BCUT2D eigenvalue weighted by molar-refractivity contribution is 5.28. The maximum atomic E-state index is 5.28. The Balaban J connectivity index is 1.51. The molecule has 19 heavy (non-hydrogen) atoms. The van der Waals surface area contributed by atoms with Gasteiger partial charge < -0.3 is 10.3 Å². The molecule has 3 atom stereocenters. The Morgan fingerprint density at radius 1 is 1.32 bits per heavy atom. The highest BCUT2D eigenvalue weighted by Crippen LogP contribution is 2.48. The van der Waals surface area contributed by atoms with E-state index in [1.165, 1.54) is 32.2 Å². The van der Waals surface area contributed by atoms with E-state index in [-0.39, 0.29) is 0 Å². The summed E-state index contributed by atoms with van der Waals surface area (Å²) in [6.07, 6.45) is 9.34. The number of hydrazine groups is 1. The quantitative estimate of drug-likeness (QED) is 0.623. The van der Waals surface area contributed by atoms with E-state index in [9.17, 15) is 0 Å². The van der Waals surface area contributed by atoms with Gasteiger partial charge in [-0.2, -0.15) is 0 Å². The third-order valence-corrected chi connectivity index (χ3v) is 4.72. The van der Waals surface area contributed by atoms with Crippen LogP contribution in [0.5, 0.6) is 0 Å². The number of nitrogen functional groups attached to an aromatic ring is 1. The second kappa shape index (κ2) is 5.43. The Bertz CT molecular complexity index is 418. The number of anilines is 1. The van der Waals surface area contributed by atoms with Crippen molar-refractivity contribution in [2.45, 2.75) is 32.2 Å². The zero-order valence-electron chi connectivity index (χ0n) is 11.5. The van der Waals surface area contributed by atoms with Crippen molar-refractivity contribution in [1.29, 1.82) is 0 Å². The molecule has 2 aliphatic carbocycles. The van der Waals surface area contributed by atoms with Crippen molar-refractivity contribution in [1.82, 2.24) is 14.9 Å². The number of nitrogens with zero attached hydrogens (tertiary/aromatic N) is 3. The molecule has 2 saturated carbocycles. The summed E-state index contributed by atoms with van der Waals surface area (Å²) in [4.78, 5) is 10.9. The molecular weight excluding hydrogens is 238 g/mol. The average Bonchev–Trinajstić information content (AvgIpc) is 3.02. The van der Waals surface area contributed by atoms with Crippen LogP contribution in [0.3, 0.4) is 0 Å². The second-order valence-corrected chi connectivity index (χ2v) is 6.17. The largest absolute Gasteiger partial charge is 0.307 e. The molecule has 1 aromatic heterocycles. The minimum Gasteiger partial charge on any atom is -0.307 e. The van der Waals surface area contributed by atoms with E-state index in [1.807, 2.05) is 0 Å². The van der Waals surface area contributed by atoms with Gasteiger partial charge in [0, 0.05) is 13.1 Å². The number of nitrogens with one attached hydrogen (secondary N) is 1. The van der Waals surface area contributed by atoms with Crippen molar-refractivity contribution in [2.24, 2.45) is 23.6 Å². The molecule has 3 rings (SSSR count). The van der Waals surface area contributed by atoms with Crippen LogP contribution in [-0.4, -0.2) is 28.5 Å². The van der Waals surface area contributed by atoms with Crippen molar-refractivity contribution in [2.75, 3.05) is 19.0 Å². The van der Waals surface area contributed by atoms with Crippen molar-refractivity contribution >= 4 is 5.82 Å². The standard InChI is InChI=1S/C14H23N5/c1-19(8-12-5-10-2-3-11(12)4-10)9-13-6-17-14(18-15)7-16-13/h6-7,10-12H,2-5,8-9,15H2,1H3,(H,17,18). The molecule has 5 nitrogen and oxygen atoms in total. The smallest absolute Gasteiger partial charge is 0.158 e. The zero-order chi connectivity index (χ0) is 13.2. The lowest BCUT2D eigenvalue weighted by Crippen LogP contribution is -2.28. The Hall–Kier alpha value is -1.20. The van der Waals surface area contributed by atoms with Crippen LogP contribution in [0.25, 0.3) is 0 Å². The van der Waals surface area contributed by atoms with Gasteiger partial charge in [-0.3, -0.25) is 4.98 Å². The first kappa shape index (κ1) is 12.8. The third kappa shape index (κ3) is 2.87. The second-order valence-electron chi connectivity index (χ2n) is 6.17. The van der Waals surface area contributed by atoms with Crippen LogP contribution in [0.1, 0.15) is 31.4 Å². The summed E-state index contributed by atoms with van der Waals surface area (Å²) in [5.41, 5.74) is 3.50. The molecule has 0 aromatic carbocycles. The molecule has 3 N–H and O–H groups in total. The van der Waals surface area contributed by atoms with Gasteiger partial charge in [-0.1, -0.05) is 6.42 Å². The maximum absolute atomic E-state index is 5.28. The fourth-order valence-electron chi connectivity index (χ4n) is 3.85. The fourth-order valence-corrected chi connectivity index (χ4v) is 3.85. The lowest BCUT2D eigenvalue weighted by Gasteiger charge is -2.26. The third-order valence-electron chi connectivity index (χ3n) is 4.72. The number of hydrogen-bond donors (Lipinski definition) is 2. The topological polar surface area (TPSA) is 67.1 Å². The van der Waals surface area contributed by atoms with Crippen LogP contribution in [0.15, 0.2) is 12.4 Å². The van der Waals surface area contributed by atoms with Gasteiger partial charge >= 0.3 is 0 Å². The molecule has 0 radical (unpaired) electrons. The number of aromatic nitrogens is 2. The minimum absolute atomic E-state index is 0.611. The van der Waals surface area contributed by atoms with Gasteiger partial charge in [0.1, 0.15) is 0 Å². The Kier molecular flexibility index (Phi) is 3.66. The van der Waals surface area contributed by atoms with E-state index in [0.717, 1.165) is 30.0 Å². The van der Waals surface area contributed by atoms with Gasteiger partial charge in [0.2, 0.25) is 0 Å². The van der Waals surface area contributed by atoms with Gasteiger partial charge in [-0.15, -0.1) is 0 Å². The molecule has 3 unspecified atom stereocenters. The number of nitrogens with two attached hydrogens (primary N) is 1. The molecule has 0 saturated heterocycles. The van der Waals surface area contributed by atoms with Gasteiger partial charge in [0.15, 0.2) is 5.82 Å². The number of hydrogen-bond acceptors (Lipinski definition) is 5. The summed E-state index contributed by atoms with van der Waals surface area (Å²) in [7, 11) is 2.18. The van der Waals surface area contributed by atoms with Crippen LogP contribution in [0.4, 0.5) is 5.82 Å². The normalized spacial score (nSPS) is 29.1. The summed E-state index contributed by atoms with van der Waals surface area (Å²) in [5.74, 6) is 8.81. The van der Waals surface area contributed by atoms with Gasteiger partial charge in [0.25, 0.3) is 0 Å². The Labute approximate surface area is 114 Å². The summed E-state index contributed by atoms with van der Waals surface area (Å²) < 4.78 is 0. The van der Waals surface area contributed by atoms with E-state index in [4.69, 9.17) is 5.84 Å². The first-order valence-corrected chi connectivity index (χ1v) is 7.20. The van der Waals surface area contributed by atoms with Crippen LogP contribution in [0.2, 0.25) is 0 Å². The fraction of sp³-hybridized carbons (Fsp3) is 0.714. The molecule has 5 heteroatoms. The van der Waals surface area contributed by atoms with Gasteiger partial charge in [0.05, 0.1) is 18.1 Å². The van der Waals surface area contributed by atoms with Gasteiger partial charge in [-0.05, 0) is 44.1 Å². The van der Waals surface area contributed by atoms with Crippen LogP contribution >= 0.6 is 0 Å². The first-order chi connectivity index (χ1) is 9.24. The predicted molar refractivity (Wildman–Crippen MR) is 75.1 cm³/mol. The van der Waals surface area contributed by atoms with Crippen LogP contribution < -0.4 is 11.3 Å². The zero-order valence-corrected chi connectivity index (χ0v) is 11.5. The van der Waals surface area contributed by atoms with E-state index >= 15 is 0 Å². The van der Waals surface area contributed by atoms with Crippen LogP contribution in [0, 0.1) is 17.8 Å². The van der Waals surface area contributed by atoms with E-state index in [1.54, 1.807) is 12.4 Å². The molecular formula is C14H23N5. The van der Waals surface area contributed by atoms with E-state index in [2.05, 4.69) is 27.3 Å². The lowest BCUT2D eigenvalue weighted by molar-refractivity contribution is 0.213. The minimum atomic E-state index is 0.611. The van der Waals surface area contributed by atoms with Crippen LogP contribution in [-0.2, 0) is 6.54 Å². The maximum Gasteiger partial charge on any atom is 0.158 e. The first-order valence-electron chi connectivity index (χ1n) is 7.20. The number of fused-ring (bicyclic) bond motifs is 2. The molecule has 1 heterocycles. The molecule has 2 fully saturated rings. The Morgan fingerprint density at radius 3 is 2.79 bits per heavy atom. The molecule has 2 aliphatic rings. The average molecular weight is 261 g/mol. The summed E-state index contributed by atoms with van der Waals surface area (Å²) in [6, 6.07) is 0. The summed E-state index contributed by atoms with van der Waals surface area (Å²) in [6.45, 7) is 2.06.